The lowest BCUT2D eigenvalue weighted by Gasteiger charge is -2.27. The van der Waals surface area contributed by atoms with Crippen molar-refractivity contribution in [1.82, 2.24) is 15.0 Å². The van der Waals surface area contributed by atoms with Gasteiger partial charge in [0, 0.05) is 44.3 Å². The Morgan fingerprint density at radius 1 is 1.07 bits per heavy atom. The van der Waals surface area contributed by atoms with Crippen molar-refractivity contribution in [2.45, 2.75) is 51.0 Å². The second-order valence-electron chi connectivity index (χ2n) is 8.73. The summed E-state index contributed by atoms with van der Waals surface area (Å²) in [6, 6.07) is 2.06. The smallest absolute Gasteiger partial charge is 0.147 e. The summed E-state index contributed by atoms with van der Waals surface area (Å²) in [6.07, 6.45) is 12.1. The van der Waals surface area contributed by atoms with Gasteiger partial charge in [-0.2, -0.15) is 0 Å². The molecule has 0 radical (unpaired) electrons. The minimum atomic E-state index is -0.133. The zero-order chi connectivity index (χ0) is 20.9. The number of aliphatic hydroxyl groups excluding tert-OH is 1. The van der Waals surface area contributed by atoms with Crippen LogP contribution in [-0.4, -0.2) is 53.0 Å². The molecule has 1 aliphatic heterocycles. The van der Waals surface area contributed by atoms with Gasteiger partial charge in [0.15, 0.2) is 0 Å². The molecule has 1 aliphatic carbocycles. The third kappa shape index (κ3) is 5.48. The fourth-order valence-electron chi connectivity index (χ4n) is 4.51. The predicted molar refractivity (Wildman–Crippen MR) is 119 cm³/mol. The van der Waals surface area contributed by atoms with Crippen LogP contribution < -0.4 is 4.90 Å². The fraction of sp³-hybridized carbons (Fsp3) is 0.609. The van der Waals surface area contributed by atoms with E-state index in [0.717, 1.165) is 87.5 Å². The monoisotopic (exact) mass is 430 g/mol. The van der Waals surface area contributed by atoms with Crippen LogP contribution >= 0.6 is 11.6 Å². The van der Waals surface area contributed by atoms with Crippen molar-refractivity contribution in [2.24, 2.45) is 11.8 Å². The maximum atomic E-state index is 9.74. The molecule has 0 amide bonds. The van der Waals surface area contributed by atoms with Crippen molar-refractivity contribution in [1.29, 1.82) is 0 Å². The molecule has 6 nitrogen and oxygen atoms in total. The third-order valence-electron chi connectivity index (χ3n) is 6.39. The molecule has 7 heteroatoms. The predicted octanol–water partition coefficient (Wildman–Crippen LogP) is 4.15. The lowest BCUT2D eigenvalue weighted by Crippen LogP contribution is -2.30. The number of ether oxygens (including phenoxy) is 1. The minimum Gasteiger partial charge on any atom is -0.393 e. The van der Waals surface area contributed by atoms with Crippen LogP contribution in [0.2, 0.25) is 5.02 Å². The summed E-state index contributed by atoms with van der Waals surface area (Å²) in [4.78, 5) is 16.0. The highest BCUT2D eigenvalue weighted by Gasteiger charge is 2.21. The van der Waals surface area contributed by atoms with Crippen molar-refractivity contribution in [3.8, 4) is 11.3 Å². The van der Waals surface area contributed by atoms with Gasteiger partial charge in [0.1, 0.15) is 5.82 Å². The number of anilines is 1. The Hall–Kier alpha value is -1.76. The Morgan fingerprint density at radius 2 is 1.83 bits per heavy atom. The molecular formula is C23H31ClN4O2. The maximum absolute atomic E-state index is 9.74. The van der Waals surface area contributed by atoms with Gasteiger partial charge in [-0.3, -0.25) is 9.97 Å². The van der Waals surface area contributed by atoms with Gasteiger partial charge in [-0.1, -0.05) is 11.6 Å². The first-order valence-electron chi connectivity index (χ1n) is 11.0. The van der Waals surface area contributed by atoms with E-state index < -0.39 is 0 Å². The lowest BCUT2D eigenvalue weighted by atomic mass is 9.84. The summed E-state index contributed by atoms with van der Waals surface area (Å²) in [6.45, 7) is 2.64. The molecular weight excluding hydrogens is 400 g/mol. The normalized spacial score (nSPS) is 22.8. The largest absolute Gasteiger partial charge is 0.393 e. The summed E-state index contributed by atoms with van der Waals surface area (Å²) in [5.74, 6) is 2.05. The molecule has 0 atom stereocenters. The lowest BCUT2D eigenvalue weighted by molar-refractivity contribution is 0.0685. The third-order valence-corrected chi connectivity index (χ3v) is 6.69. The first-order valence-corrected chi connectivity index (χ1v) is 11.4. The van der Waals surface area contributed by atoms with Crippen molar-refractivity contribution >= 4 is 17.4 Å². The molecule has 1 saturated heterocycles. The van der Waals surface area contributed by atoms with Gasteiger partial charge in [-0.05, 0) is 62.8 Å². The Morgan fingerprint density at radius 3 is 2.60 bits per heavy atom. The van der Waals surface area contributed by atoms with Crippen LogP contribution in [0.1, 0.15) is 44.2 Å². The number of rotatable bonds is 6. The van der Waals surface area contributed by atoms with Crippen LogP contribution in [0, 0.1) is 11.8 Å². The Kier molecular flexibility index (Phi) is 7.18. The average molecular weight is 431 g/mol. The molecule has 4 rings (SSSR count). The van der Waals surface area contributed by atoms with Crippen LogP contribution in [0.4, 0.5) is 5.82 Å². The van der Waals surface area contributed by atoms with Gasteiger partial charge in [0.05, 0.1) is 29.2 Å². The summed E-state index contributed by atoms with van der Waals surface area (Å²) >= 11 is 6.49. The molecule has 0 spiro atoms. The van der Waals surface area contributed by atoms with Crippen LogP contribution in [0.3, 0.4) is 0 Å². The molecule has 0 bridgehead atoms. The number of hydrogen-bond donors (Lipinski definition) is 1. The van der Waals surface area contributed by atoms with Gasteiger partial charge in [0.2, 0.25) is 0 Å². The van der Waals surface area contributed by atoms with E-state index in [9.17, 15) is 5.11 Å². The zero-order valence-corrected chi connectivity index (χ0v) is 18.4. The number of pyridine rings is 1. The summed E-state index contributed by atoms with van der Waals surface area (Å²) in [7, 11) is 2.07. The number of halogens is 1. The molecule has 1 saturated carbocycles. The van der Waals surface area contributed by atoms with Crippen LogP contribution in [0.5, 0.6) is 0 Å². The molecule has 2 aromatic rings. The highest BCUT2D eigenvalue weighted by Crippen LogP contribution is 2.31. The molecule has 162 valence electrons. The van der Waals surface area contributed by atoms with E-state index in [-0.39, 0.29) is 6.10 Å². The average Bonchev–Trinajstić information content (AvgIpc) is 2.77. The fourth-order valence-corrected chi connectivity index (χ4v) is 4.71. The summed E-state index contributed by atoms with van der Waals surface area (Å²) in [5.41, 5.74) is 2.68. The van der Waals surface area contributed by atoms with Crippen molar-refractivity contribution < 1.29 is 9.84 Å². The number of nitrogens with zero attached hydrogens (tertiary/aromatic N) is 4. The topological polar surface area (TPSA) is 71.4 Å². The van der Waals surface area contributed by atoms with Crippen LogP contribution in [0.25, 0.3) is 11.3 Å². The second-order valence-corrected chi connectivity index (χ2v) is 9.14. The van der Waals surface area contributed by atoms with Gasteiger partial charge in [0.25, 0.3) is 0 Å². The van der Waals surface area contributed by atoms with E-state index in [2.05, 4.69) is 28.0 Å². The Balaban J connectivity index is 1.48. The summed E-state index contributed by atoms with van der Waals surface area (Å²) in [5, 5.41) is 10.3. The molecule has 0 unspecified atom stereocenters. The van der Waals surface area contributed by atoms with E-state index in [0.29, 0.717) is 16.9 Å². The Labute approximate surface area is 183 Å². The van der Waals surface area contributed by atoms with Gasteiger partial charge in [-0.15, -0.1) is 0 Å². The van der Waals surface area contributed by atoms with Crippen LogP contribution in [0.15, 0.2) is 24.7 Å². The number of aliphatic hydroxyl groups is 1. The first kappa shape index (κ1) is 21.5. The van der Waals surface area contributed by atoms with Gasteiger partial charge in [-0.25, -0.2) is 4.98 Å². The Bertz CT molecular complexity index is 836. The SMILES string of the molecule is CN(CC1CCOCC1)c1cncc(-c2cc(CC3CCC(O)CC3)ncc2Cl)n1. The highest BCUT2D eigenvalue weighted by molar-refractivity contribution is 6.33. The second kappa shape index (κ2) is 10.0. The van der Waals surface area contributed by atoms with E-state index in [1.807, 2.05) is 6.20 Å². The molecule has 1 N–H and O–H groups in total. The van der Waals surface area contributed by atoms with E-state index in [1.54, 1.807) is 12.4 Å². The molecule has 3 heterocycles. The minimum absolute atomic E-state index is 0.133. The molecule has 2 fully saturated rings. The van der Waals surface area contributed by atoms with E-state index in [4.69, 9.17) is 21.3 Å². The van der Waals surface area contributed by atoms with Crippen LogP contribution in [-0.2, 0) is 11.2 Å². The van der Waals surface area contributed by atoms with Crippen molar-refractivity contribution in [2.75, 3.05) is 31.7 Å². The van der Waals surface area contributed by atoms with E-state index >= 15 is 0 Å². The summed E-state index contributed by atoms with van der Waals surface area (Å²) < 4.78 is 5.47. The van der Waals surface area contributed by atoms with Gasteiger partial charge < -0.3 is 14.7 Å². The van der Waals surface area contributed by atoms with E-state index in [1.165, 1.54) is 0 Å². The maximum Gasteiger partial charge on any atom is 0.147 e. The van der Waals surface area contributed by atoms with Gasteiger partial charge >= 0.3 is 0 Å². The highest BCUT2D eigenvalue weighted by atomic mass is 35.5. The number of hydrogen-bond acceptors (Lipinski definition) is 6. The zero-order valence-electron chi connectivity index (χ0n) is 17.6. The molecule has 2 aliphatic rings. The quantitative estimate of drug-likeness (QED) is 0.742. The first-order chi connectivity index (χ1) is 14.6. The molecule has 2 aromatic heterocycles. The number of aromatic nitrogens is 3. The molecule has 0 aromatic carbocycles. The molecule has 30 heavy (non-hydrogen) atoms. The standard InChI is InChI=1S/C23H31ClN4O2/c1-28(15-17-6-8-30-9-7-17)23-14-25-13-22(27-23)20-11-18(26-12-21(20)24)10-16-2-4-19(29)5-3-16/h11-14,16-17,19,29H,2-10,15H2,1H3. The van der Waals surface area contributed by atoms with Crippen molar-refractivity contribution in [3.05, 3.63) is 35.4 Å². The van der Waals surface area contributed by atoms with Crippen molar-refractivity contribution in [3.63, 3.8) is 0 Å².